The van der Waals surface area contributed by atoms with Crippen molar-refractivity contribution in [1.82, 2.24) is 5.32 Å². The molecule has 12 unspecified atom stereocenters. The second kappa shape index (κ2) is 59.2. The molecule has 12 atom stereocenters. The van der Waals surface area contributed by atoms with Gasteiger partial charge >= 0.3 is 0 Å². The molecule has 2 saturated heterocycles. The Bertz CT molecular complexity index is 1980. The van der Waals surface area contributed by atoms with Crippen LogP contribution in [0.4, 0.5) is 0 Å². The van der Waals surface area contributed by atoms with E-state index in [1.54, 1.807) is 6.08 Å². The van der Waals surface area contributed by atoms with Crippen molar-refractivity contribution in [1.29, 1.82) is 0 Å². The molecule has 0 saturated carbocycles. The quantitative estimate of drug-likeness (QED) is 0.0204. The van der Waals surface area contributed by atoms with Crippen LogP contribution in [0.2, 0.25) is 0 Å². The lowest BCUT2D eigenvalue weighted by Gasteiger charge is -2.46. The first-order valence-electron chi connectivity index (χ1n) is 35.8. The maximum Gasteiger partial charge on any atom is 0.220 e. The number of unbranched alkanes of at least 4 members (excludes halogenated alkanes) is 26. The van der Waals surface area contributed by atoms with E-state index in [4.69, 9.17) is 18.9 Å². The number of hydrogen-bond donors (Lipinski definition) is 9. The summed E-state index contributed by atoms with van der Waals surface area (Å²) in [7, 11) is 0. The number of allylic oxidation sites excluding steroid dienone is 19. The van der Waals surface area contributed by atoms with Gasteiger partial charge in [-0.05, 0) is 103 Å². The van der Waals surface area contributed by atoms with Gasteiger partial charge in [-0.3, -0.25) is 4.79 Å². The van der Waals surface area contributed by atoms with Crippen LogP contribution in [0.25, 0.3) is 0 Å². The Morgan fingerprint density at radius 1 is 0.411 bits per heavy atom. The minimum atomic E-state index is -1.80. The molecule has 0 spiro atoms. The third-order valence-corrected chi connectivity index (χ3v) is 16.6. The van der Waals surface area contributed by atoms with Gasteiger partial charge in [0.05, 0.1) is 32.0 Å². The van der Waals surface area contributed by atoms with Crippen LogP contribution >= 0.6 is 0 Å². The molecule has 0 aromatic carbocycles. The fraction of sp³-hybridized carbons (Fsp3) is 0.724. The van der Waals surface area contributed by atoms with Crippen LogP contribution in [0.5, 0.6) is 0 Å². The van der Waals surface area contributed by atoms with Crippen molar-refractivity contribution in [3.05, 3.63) is 122 Å². The van der Waals surface area contributed by atoms with E-state index in [0.717, 1.165) is 89.9 Å². The first-order chi connectivity index (χ1) is 44.1. The average Bonchev–Trinajstić information content (AvgIpc) is 1.41. The maximum atomic E-state index is 13.3. The minimum absolute atomic E-state index is 0.222. The van der Waals surface area contributed by atoms with Crippen molar-refractivity contribution in [2.75, 3.05) is 19.8 Å². The van der Waals surface area contributed by atoms with Crippen LogP contribution in [0.3, 0.4) is 0 Å². The van der Waals surface area contributed by atoms with Gasteiger partial charge in [0.15, 0.2) is 12.6 Å². The summed E-state index contributed by atoms with van der Waals surface area (Å²) in [5, 5.41) is 87.4. The third-order valence-electron chi connectivity index (χ3n) is 16.6. The molecule has 0 radical (unpaired) electrons. The smallest absolute Gasteiger partial charge is 0.220 e. The molecule has 0 aromatic heterocycles. The van der Waals surface area contributed by atoms with Crippen molar-refractivity contribution < 1.29 is 64.6 Å². The van der Waals surface area contributed by atoms with Crippen molar-refractivity contribution in [2.24, 2.45) is 0 Å². The van der Waals surface area contributed by atoms with Gasteiger partial charge in [0.25, 0.3) is 0 Å². The number of nitrogens with one attached hydrogen (secondary N) is 1. The van der Waals surface area contributed by atoms with Crippen LogP contribution in [0.1, 0.15) is 258 Å². The zero-order valence-electron chi connectivity index (χ0n) is 56.1. The zero-order valence-corrected chi connectivity index (χ0v) is 56.1. The number of hydrogen-bond acceptors (Lipinski definition) is 13. The fourth-order valence-electron chi connectivity index (χ4n) is 11.0. The van der Waals surface area contributed by atoms with Crippen LogP contribution in [-0.2, 0) is 23.7 Å². The topological polar surface area (TPSA) is 228 Å². The largest absolute Gasteiger partial charge is 0.394 e. The van der Waals surface area contributed by atoms with E-state index in [0.29, 0.717) is 12.8 Å². The van der Waals surface area contributed by atoms with Crippen LogP contribution in [0.15, 0.2) is 122 Å². The number of amides is 1. The normalized spacial score (nSPS) is 23.7. The summed E-state index contributed by atoms with van der Waals surface area (Å²) in [6.45, 7) is 2.65. The van der Waals surface area contributed by atoms with Gasteiger partial charge in [0.1, 0.15) is 48.8 Å². The predicted octanol–water partition coefficient (Wildman–Crippen LogP) is 14.9. The molecule has 0 bridgehead atoms. The molecule has 90 heavy (non-hydrogen) atoms. The van der Waals surface area contributed by atoms with Gasteiger partial charge in [0, 0.05) is 6.42 Å². The second-order valence-electron chi connectivity index (χ2n) is 24.6. The molecule has 2 rings (SSSR count). The lowest BCUT2D eigenvalue weighted by atomic mass is 9.97. The summed E-state index contributed by atoms with van der Waals surface area (Å²) in [5.41, 5.74) is 0. The molecule has 0 aliphatic carbocycles. The molecule has 14 heteroatoms. The highest BCUT2D eigenvalue weighted by atomic mass is 16.7. The molecule has 2 aliphatic heterocycles. The van der Waals surface area contributed by atoms with Gasteiger partial charge < -0.3 is 65.1 Å². The highest BCUT2D eigenvalue weighted by Crippen LogP contribution is 2.30. The first kappa shape index (κ1) is 82.5. The molecule has 9 N–H and O–H groups in total. The summed E-state index contributed by atoms with van der Waals surface area (Å²) in [6.07, 6.45) is 69.8. The van der Waals surface area contributed by atoms with E-state index in [1.165, 1.54) is 135 Å². The van der Waals surface area contributed by atoms with Crippen LogP contribution in [0, 0.1) is 0 Å². The average molecular weight is 1260 g/mol. The third kappa shape index (κ3) is 42.6. The Morgan fingerprint density at radius 2 is 0.778 bits per heavy atom. The number of carbonyl (C=O) groups excluding carboxylic acids is 1. The van der Waals surface area contributed by atoms with E-state index in [2.05, 4.69) is 129 Å². The number of rotatable bonds is 57. The van der Waals surface area contributed by atoms with Crippen molar-refractivity contribution >= 4 is 5.91 Å². The molecule has 516 valence electrons. The summed E-state index contributed by atoms with van der Waals surface area (Å²) in [6, 6.07) is -0.967. The van der Waals surface area contributed by atoms with Crippen molar-refractivity contribution in [2.45, 2.75) is 331 Å². The molecular formula is C76H129NO13. The van der Waals surface area contributed by atoms with E-state index < -0.39 is 86.8 Å². The number of aliphatic hydroxyl groups is 8. The van der Waals surface area contributed by atoms with E-state index in [-0.39, 0.29) is 18.9 Å². The highest BCUT2D eigenvalue weighted by molar-refractivity contribution is 5.76. The maximum absolute atomic E-state index is 13.3. The van der Waals surface area contributed by atoms with E-state index in [9.17, 15) is 45.6 Å². The monoisotopic (exact) mass is 1260 g/mol. The van der Waals surface area contributed by atoms with Gasteiger partial charge in [-0.2, -0.15) is 0 Å². The summed E-state index contributed by atoms with van der Waals surface area (Å²) in [4.78, 5) is 13.3. The second-order valence-corrected chi connectivity index (χ2v) is 24.6. The zero-order chi connectivity index (χ0) is 65.2. The standard InChI is InChI=1S/C76H129NO13/c1-3-5-7-9-11-13-15-17-19-21-23-25-27-29-30-31-32-33-34-36-37-39-41-43-45-47-49-51-53-55-57-59-65(80)64(63-87-75-73(86)71(84)74(67(62-79)89-75)90-76-72(85)70(83)69(82)66(61-78)88-76)77-68(81)60-58-56-54-52-50-48-46-44-42-40-38-35-28-26-24-22-20-18-16-14-12-10-8-6-4-2/h6,8,12,14,18,20,24,26,35,38,41-44,48-51,57,59,64-67,69-76,78-80,82-86H,3-5,7,9-11,13,15-17,19,21-23,25,27-34,36-37,39-40,45-47,52-56,58,60-63H2,1-2H3,(H,77,81)/b8-6-,14-12-,20-18-,26-24-,38-35-,43-41+,44-42-,50-48-,51-49+,59-57+. The lowest BCUT2D eigenvalue weighted by Crippen LogP contribution is -2.65. The predicted molar refractivity (Wildman–Crippen MR) is 368 cm³/mol. The molecule has 2 aliphatic rings. The van der Waals surface area contributed by atoms with Crippen molar-refractivity contribution in [3.63, 3.8) is 0 Å². The fourth-order valence-corrected chi connectivity index (χ4v) is 11.0. The Hall–Kier alpha value is -3.61. The summed E-state index contributed by atoms with van der Waals surface area (Å²) in [5.74, 6) is -0.288. The molecular weight excluding hydrogens is 1130 g/mol. The molecule has 2 heterocycles. The highest BCUT2D eigenvalue weighted by Gasteiger charge is 2.51. The first-order valence-corrected chi connectivity index (χ1v) is 35.8. The summed E-state index contributed by atoms with van der Waals surface area (Å²) < 4.78 is 22.8. The van der Waals surface area contributed by atoms with Crippen LogP contribution in [-0.4, -0.2) is 140 Å². The van der Waals surface area contributed by atoms with E-state index in [1.807, 2.05) is 6.08 Å². The molecule has 1 amide bonds. The molecule has 14 nitrogen and oxygen atoms in total. The van der Waals surface area contributed by atoms with E-state index >= 15 is 0 Å². The lowest BCUT2D eigenvalue weighted by molar-refractivity contribution is -0.359. The Kier molecular flexibility index (Phi) is 54.2. The number of ether oxygens (including phenoxy) is 4. The Morgan fingerprint density at radius 3 is 1.22 bits per heavy atom. The van der Waals surface area contributed by atoms with Crippen LogP contribution < -0.4 is 5.32 Å². The Labute approximate surface area is 546 Å². The minimum Gasteiger partial charge on any atom is -0.394 e. The SMILES string of the molecule is CC/C=C\C/C=C\C/C=C\C/C=C\C/C=C\C/C=C\C/C=C\CCCCCC(=O)NC(COC1OC(CO)C(OC2OC(CO)C(O)C(O)C2O)C(O)C1O)C(O)/C=C/CC/C=C/CC/C=C/CCCCCCCCCCCCCCCCCCCCCCC. The number of carbonyl (C=O) groups is 1. The summed E-state index contributed by atoms with van der Waals surface area (Å²) >= 11 is 0. The van der Waals surface area contributed by atoms with Gasteiger partial charge in [-0.1, -0.05) is 270 Å². The Balaban J connectivity index is 1.73. The van der Waals surface area contributed by atoms with Gasteiger partial charge in [0.2, 0.25) is 5.91 Å². The van der Waals surface area contributed by atoms with Crippen molar-refractivity contribution in [3.8, 4) is 0 Å². The molecule has 2 fully saturated rings. The van der Waals surface area contributed by atoms with Gasteiger partial charge in [-0.15, -0.1) is 0 Å². The van der Waals surface area contributed by atoms with Gasteiger partial charge in [-0.25, -0.2) is 0 Å². The number of aliphatic hydroxyl groups excluding tert-OH is 8. The molecule has 0 aromatic rings.